The van der Waals surface area contributed by atoms with Crippen molar-refractivity contribution in [2.24, 2.45) is 0 Å². The van der Waals surface area contributed by atoms with Crippen LogP contribution in [0.15, 0.2) is 43.2 Å². The third kappa shape index (κ3) is 4.90. The highest BCUT2D eigenvalue weighted by Crippen LogP contribution is 2.25. The summed E-state index contributed by atoms with van der Waals surface area (Å²) in [6.45, 7) is 8.14. The maximum Gasteiger partial charge on any atom is 0.133 e. The lowest BCUT2D eigenvalue weighted by Gasteiger charge is -2.34. The van der Waals surface area contributed by atoms with Gasteiger partial charge in [-0.25, -0.2) is 9.97 Å². The SMILES string of the molecule is C=CC1COCCN1c1cc(C(=N)c2cc(OC(C)COC)ccc2N)ncn1. The van der Waals surface area contributed by atoms with E-state index < -0.39 is 0 Å². The van der Waals surface area contributed by atoms with Gasteiger partial charge in [0.25, 0.3) is 0 Å². The highest BCUT2D eigenvalue weighted by atomic mass is 16.5. The molecular formula is C21H27N5O3. The average molecular weight is 397 g/mol. The molecule has 8 heteroatoms. The van der Waals surface area contributed by atoms with E-state index in [9.17, 15) is 0 Å². The van der Waals surface area contributed by atoms with E-state index in [-0.39, 0.29) is 17.9 Å². The van der Waals surface area contributed by atoms with E-state index in [1.165, 1.54) is 6.33 Å². The largest absolute Gasteiger partial charge is 0.488 e. The van der Waals surface area contributed by atoms with Crippen LogP contribution in [-0.2, 0) is 9.47 Å². The number of morpholine rings is 1. The molecule has 2 atom stereocenters. The predicted octanol–water partition coefficient (Wildman–Crippen LogP) is 2.28. The Kier molecular flexibility index (Phi) is 6.79. The summed E-state index contributed by atoms with van der Waals surface area (Å²) in [4.78, 5) is 10.8. The molecule has 0 bridgehead atoms. The number of benzene rings is 1. The topological polar surface area (TPSA) is 107 Å². The number of nitrogens with two attached hydrogens (primary N) is 1. The van der Waals surface area contributed by atoms with Crippen molar-refractivity contribution in [3.8, 4) is 5.75 Å². The summed E-state index contributed by atoms with van der Waals surface area (Å²) in [7, 11) is 1.63. The molecule has 3 N–H and O–H groups in total. The molecule has 154 valence electrons. The first-order chi connectivity index (χ1) is 14.0. The van der Waals surface area contributed by atoms with Crippen molar-refractivity contribution in [3.63, 3.8) is 0 Å². The number of nitrogens with one attached hydrogen (secondary N) is 1. The fourth-order valence-corrected chi connectivity index (χ4v) is 3.21. The van der Waals surface area contributed by atoms with Crippen molar-refractivity contribution in [1.29, 1.82) is 5.41 Å². The van der Waals surface area contributed by atoms with E-state index in [1.807, 2.05) is 13.0 Å². The van der Waals surface area contributed by atoms with E-state index in [0.717, 1.165) is 5.82 Å². The summed E-state index contributed by atoms with van der Waals surface area (Å²) < 4.78 is 16.5. The number of rotatable bonds is 8. The minimum atomic E-state index is -0.117. The Balaban J connectivity index is 1.86. The molecule has 1 saturated heterocycles. The molecule has 0 amide bonds. The van der Waals surface area contributed by atoms with Crippen LogP contribution in [0.25, 0.3) is 0 Å². The number of nitrogens with zero attached hydrogens (tertiary/aromatic N) is 3. The van der Waals surface area contributed by atoms with Crippen LogP contribution < -0.4 is 15.4 Å². The molecule has 0 aliphatic carbocycles. The van der Waals surface area contributed by atoms with Gasteiger partial charge in [0.1, 0.15) is 24.0 Å². The van der Waals surface area contributed by atoms with E-state index in [2.05, 4.69) is 21.4 Å². The number of nitrogen functional groups attached to an aromatic ring is 1. The van der Waals surface area contributed by atoms with E-state index in [0.29, 0.717) is 49.1 Å². The quantitative estimate of drug-likeness (QED) is 0.400. The summed E-state index contributed by atoms with van der Waals surface area (Å²) in [5.74, 6) is 1.35. The maximum absolute atomic E-state index is 8.66. The molecule has 1 aliphatic heterocycles. The molecule has 2 heterocycles. The summed E-state index contributed by atoms with van der Waals surface area (Å²) in [6.07, 6.45) is 3.19. The molecule has 1 aliphatic rings. The number of hydrogen-bond donors (Lipinski definition) is 2. The van der Waals surface area contributed by atoms with Crippen molar-refractivity contribution in [3.05, 3.63) is 54.5 Å². The summed E-state index contributed by atoms with van der Waals surface area (Å²) in [6, 6.07) is 7.10. The minimum Gasteiger partial charge on any atom is -0.488 e. The lowest BCUT2D eigenvalue weighted by atomic mass is 10.0. The van der Waals surface area contributed by atoms with Crippen molar-refractivity contribution in [1.82, 2.24) is 9.97 Å². The van der Waals surface area contributed by atoms with Crippen LogP contribution in [0.1, 0.15) is 18.2 Å². The number of anilines is 2. The Morgan fingerprint density at radius 1 is 1.45 bits per heavy atom. The lowest BCUT2D eigenvalue weighted by molar-refractivity contribution is 0.0921. The zero-order valence-corrected chi connectivity index (χ0v) is 16.8. The first-order valence-corrected chi connectivity index (χ1v) is 9.47. The van der Waals surface area contributed by atoms with E-state index >= 15 is 0 Å². The van der Waals surface area contributed by atoms with Gasteiger partial charge in [-0.05, 0) is 25.1 Å². The average Bonchev–Trinajstić information content (AvgIpc) is 2.75. The van der Waals surface area contributed by atoms with Gasteiger partial charge in [-0.2, -0.15) is 0 Å². The number of hydrogen-bond acceptors (Lipinski definition) is 8. The van der Waals surface area contributed by atoms with Gasteiger partial charge in [0.2, 0.25) is 0 Å². The second-order valence-electron chi connectivity index (χ2n) is 6.84. The smallest absolute Gasteiger partial charge is 0.133 e. The predicted molar refractivity (Wildman–Crippen MR) is 113 cm³/mol. The summed E-state index contributed by atoms with van der Waals surface area (Å²) in [5.41, 5.74) is 7.87. The molecule has 8 nitrogen and oxygen atoms in total. The molecule has 2 unspecified atom stereocenters. The Morgan fingerprint density at radius 2 is 2.28 bits per heavy atom. The zero-order valence-electron chi connectivity index (χ0n) is 16.8. The van der Waals surface area contributed by atoms with Gasteiger partial charge < -0.3 is 24.8 Å². The van der Waals surface area contributed by atoms with Gasteiger partial charge in [-0.15, -0.1) is 6.58 Å². The molecule has 3 rings (SSSR count). The second-order valence-corrected chi connectivity index (χ2v) is 6.84. The monoisotopic (exact) mass is 397 g/mol. The fourth-order valence-electron chi connectivity index (χ4n) is 3.21. The van der Waals surface area contributed by atoms with Crippen molar-refractivity contribution >= 4 is 17.2 Å². The van der Waals surface area contributed by atoms with Gasteiger partial charge in [-0.1, -0.05) is 6.08 Å². The van der Waals surface area contributed by atoms with Crippen molar-refractivity contribution < 1.29 is 14.2 Å². The molecular weight excluding hydrogens is 370 g/mol. The maximum atomic E-state index is 8.66. The Hall–Kier alpha value is -2.97. The Morgan fingerprint density at radius 3 is 3.03 bits per heavy atom. The number of aromatic nitrogens is 2. The van der Waals surface area contributed by atoms with Crippen LogP contribution in [-0.4, -0.2) is 61.3 Å². The first kappa shape index (κ1) is 20.8. The Labute approximate surface area is 170 Å². The molecule has 1 aromatic heterocycles. The van der Waals surface area contributed by atoms with E-state index in [1.54, 1.807) is 31.4 Å². The second kappa shape index (κ2) is 9.49. The summed E-state index contributed by atoms with van der Waals surface area (Å²) >= 11 is 0. The van der Waals surface area contributed by atoms with Gasteiger partial charge >= 0.3 is 0 Å². The highest BCUT2D eigenvalue weighted by molar-refractivity contribution is 6.13. The molecule has 2 aromatic rings. The number of ether oxygens (including phenoxy) is 3. The van der Waals surface area contributed by atoms with Crippen LogP contribution in [0.2, 0.25) is 0 Å². The van der Waals surface area contributed by atoms with Crippen LogP contribution >= 0.6 is 0 Å². The number of methoxy groups -OCH3 is 1. The molecule has 0 saturated carbocycles. The van der Waals surface area contributed by atoms with Gasteiger partial charge in [0.05, 0.1) is 37.3 Å². The summed E-state index contributed by atoms with van der Waals surface area (Å²) in [5, 5.41) is 8.66. The van der Waals surface area contributed by atoms with Gasteiger partial charge in [0, 0.05) is 31.0 Å². The highest BCUT2D eigenvalue weighted by Gasteiger charge is 2.23. The van der Waals surface area contributed by atoms with Gasteiger partial charge in [0.15, 0.2) is 0 Å². The Bertz CT molecular complexity index is 873. The molecule has 1 aromatic carbocycles. The van der Waals surface area contributed by atoms with Crippen LogP contribution in [0.5, 0.6) is 5.75 Å². The van der Waals surface area contributed by atoms with E-state index in [4.69, 9.17) is 25.4 Å². The fraction of sp³-hybridized carbons (Fsp3) is 0.381. The molecule has 0 spiro atoms. The van der Waals surface area contributed by atoms with Crippen LogP contribution in [0.4, 0.5) is 11.5 Å². The minimum absolute atomic E-state index is 0.0322. The van der Waals surface area contributed by atoms with Crippen LogP contribution in [0, 0.1) is 5.41 Å². The lowest BCUT2D eigenvalue weighted by Crippen LogP contribution is -2.44. The third-order valence-electron chi connectivity index (χ3n) is 4.67. The first-order valence-electron chi connectivity index (χ1n) is 9.47. The standard InChI is InChI=1S/C21H27N5O3/c1-4-15-12-28-8-7-26(15)20-10-19(24-13-25-20)21(23)17-9-16(5-6-18(17)22)29-14(2)11-27-3/h4-6,9-10,13-15,23H,1,7-8,11-12,22H2,2-3H3. The third-order valence-corrected chi connectivity index (χ3v) is 4.67. The molecule has 1 fully saturated rings. The normalized spacial score (nSPS) is 17.6. The zero-order chi connectivity index (χ0) is 20.8. The molecule has 29 heavy (non-hydrogen) atoms. The van der Waals surface area contributed by atoms with Crippen LogP contribution in [0.3, 0.4) is 0 Å². The molecule has 0 radical (unpaired) electrons. The van der Waals surface area contributed by atoms with Crippen molar-refractivity contribution in [2.45, 2.75) is 19.1 Å². The van der Waals surface area contributed by atoms with Gasteiger partial charge in [-0.3, -0.25) is 5.41 Å². The van der Waals surface area contributed by atoms with Crippen molar-refractivity contribution in [2.75, 3.05) is 44.1 Å².